The summed E-state index contributed by atoms with van der Waals surface area (Å²) in [6.45, 7) is 2.21. The molecule has 0 bridgehead atoms. The first-order chi connectivity index (χ1) is 7.98. The highest BCUT2D eigenvalue weighted by molar-refractivity contribution is 8.01. The minimum absolute atomic E-state index is 0.442. The molecule has 104 valence electrons. The molecule has 0 saturated heterocycles. The Morgan fingerprint density at radius 3 is 1.76 bits per heavy atom. The van der Waals surface area contributed by atoms with Crippen LogP contribution in [-0.2, 0) is 10.1 Å². The van der Waals surface area contributed by atoms with Crippen LogP contribution in [0.2, 0.25) is 0 Å². The molecular formula is C12H26O3S2. The van der Waals surface area contributed by atoms with Crippen molar-refractivity contribution in [1.29, 1.82) is 0 Å². The number of thiol groups is 1. The maximum atomic E-state index is 10.7. The largest absolute Gasteiger partial charge is 0.285 e. The van der Waals surface area contributed by atoms with Gasteiger partial charge < -0.3 is 0 Å². The van der Waals surface area contributed by atoms with Crippen LogP contribution in [0.3, 0.4) is 0 Å². The smallest absolute Gasteiger partial charge is 0.276 e. The second-order valence-corrected chi connectivity index (χ2v) is 7.16. The van der Waals surface area contributed by atoms with Crippen molar-refractivity contribution in [3.8, 4) is 0 Å². The summed E-state index contributed by atoms with van der Waals surface area (Å²) in [5, 5.41) is 0. The van der Waals surface area contributed by atoms with E-state index in [9.17, 15) is 8.42 Å². The lowest BCUT2D eigenvalue weighted by Crippen LogP contribution is -2.13. The van der Waals surface area contributed by atoms with Crippen LogP contribution in [0.5, 0.6) is 0 Å². The molecule has 0 aromatic rings. The van der Waals surface area contributed by atoms with Crippen LogP contribution in [-0.4, -0.2) is 17.6 Å². The molecule has 0 aliphatic rings. The summed E-state index contributed by atoms with van der Waals surface area (Å²) in [4.78, 5) is 0. The van der Waals surface area contributed by atoms with Crippen LogP contribution in [0.15, 0.2) is 0 Å². The molecule has 0 saturated carbocycles. The van der Waals surface area contributed by atoms with E-state index in [1.165, 1.54) is 38.5 Å². The molecule has 0 radical (unpaired) electrons. The molecule has 0 aromatic heterocycles. The van der Waals surface area contributed by atoms with Gasteiger partial charge >= 0.3 is 0 Å². The van der Waals surface area contributed by atoms with Crippen molar-refractivity contribution in [2.45, 2.75) is 75.7 Å². The van der Waals surface area contributed by atoms with E-state index in [4.69, 9.17) is 4.55 Å². The first-order valence-electron chi connectivity index (χ1n) is 6.63. The summed E-state index contributed by atoms with van der Waals surface area (Å²) in [6, 6.07) is 0. The van der Waals surface area contributed by atoms with E-state index in [1.807, 2.05) is 0 Å². The Bertz CT molecular complexity index is 263. The van der Waals surface area contributed by atoms with Gasteiger partial charge in [0.1, 0.15) is 4.58 Å². The highest BCUT2D eigenvalue weighted by atomic mass is 32.3. The van der Waals surface area contributed by atoms with Gasteiger partial charge in [-0.2, -0.15) is 21.0 Å². The molecule has 0 spiro atoms. The van der Waals surface area contributed by atoms with Crippen LogP contribution < -0.4 is 0 Å². The zero-order valence-electron chi connectivity index (χ0n) is 10.8. The Morgan fingerprint density at radius 1 is 0.941 bits per heavy atom. The van der Waals surface area contributed by atoms with Crippen LogP contribution >= 0.6 is 12.6 Å². The van der Waals surface area contributed by atoms with Gasteiger partial charge in [0.15, 0.2) is 0 Å². The van der Waals surface area contributed by atoms with Gasteiger partial charge in [0.25, 0.3) is 10.1 Å². The SMILES string of the molecule is CCCCCCCCCCCC(S)S(=O)(=O)O. The fourth-order valence-electron chi connectivity index (χ4n) is 1.78. The van der Waals surface area contributed by atoms with Gasteiger partial charge in [-0.15, -0.1) is 0 Å². The van der Waals surface area contributed by atoms with Gasteiger partial charge in [-0.05, 0) is 6.42 Å². The lowest BCUT2D eigenvalue weighted by atomic mass is 10.1. The fraction of sp³-hybridized carbons (Fsp3) is 1.00. The number of hydrogen-bond acceptors (Lipinski definition) is 3. The molecule has 0 rings (SSSR count). The standard InChI is InChI=1S/C12H26O3S2/c1-2-3-4-5-6-7-8-9-10-11-12(16)17(13,14)15/h12,16H,2-11H2,1H3,(H,13,14,15). The minimum atomic E-state index is -3.95. The van der Waals surface area contributed by atoms with Crippen molar-refractivity contribution in [2.75, 3.05) is 0 Å². The van der Waals surface area contributed by atoms with Crippen molar-refractivity contribution in [3.05, 3.63) is 0 Å². The third kappa shape index (κ3) is 11.1. The predicted octanol–water partition coefficient (Wildman–Crippen LogP) is 4.05. The summed E-state index contributed by atoms with van der Waals surface area (Å²) >= 11 is 3.85. The molecule has 0 aliphatic carbocycles. The Kier molecular flexibility index (Phi) is 10.4. The van der Waals surface area contributed by atoms with Crippen LogP contribution in [0, 0.1) is 0 Å². The molecule has 17 heavy (non-hydrogen) atoms. The van der Waals surface area contributed by atoms with E-state index in [-0.39, 0.29) is 0 Å². The maximum absolute atomic E-state index is 10.7. The maximum Gasteiger partial charge on any atom is 0.276 e. The van der Waals surface area contributed by atoms with Crippen molar-refractivity contribution in [1.82, 2.24) is 0 Å². The normalized spacial score (nSPS) is 13.8. The summed E-state index contributed by atoms with van der Waals surface area (Å²) in [5.74, 6) is 0. The van der Waals surface area contributed by atoms with Crippen molar-refractivity contribution >= 4 is 22.7 Å². The Balaban J connectivity index is 3.24. The number of unbranched alkanes of at least 4 members (excludes halogenated alkanes) is 8. The van der Waals surface area contributed by atoms with Gasteiger partial charge in [-0.25, -0.2) is 0 Å². The van der Waals surface area contributed by atoms with E-state index in [1.54, 1.807) is 0 Å². The molecule has 1 unspecified atom stereocenters. The highest BCUT2D eigenvalue weighted by Crippen LogP contribution is 2.15. The topological polar surface area (TPSA) is 54.4 Å². The molecule has 1 atom stereocenters. The minimum Gasteiger partial charge on any atom is -0.285 e. The molecule has 1 N–H and O–H groups in total. The second kappa shape index (κ2) is 10.2. The number of hydrogen-bond donors (Lipinski definition) is 2. The third-order valence-electron chi connectivity index (χ3n) is 2.90. The lowest BCUT2D eigenvalue weighted by Gasteiger charge is -2.06. The molecule has 5 heteroatoms. The summed E-state index contributed by atoms with van der Waals surface area (Å²) in [7, 11) is -3.95. The summed E-state index contributed by atoms with van der Waals surface area (Å²) in [6.07, 6.45) is 11.2. The van der Waals surface area contributed by atoms with Crippen molar-refractivity contribution in [3.63, 3.8) is 0 Å². The molecule has 0 aromatic carbocycles. The van der Waals surface area contributed by atoms with E-state index in [2.05, 4.69) is 19.6 Å². The monoisotopic (exact) mass is 282 g/mol. The van der Waals surface area contributed by atoms with Crippen molar-refractivity contribution in [2.24, 2.45) is 0 Å². The van der Waals surface area contributed by atoms with Gasteiger partial charge in [-0.3, -0.25) is 4.55 Å². The van der Waals surface area contributed by atoms with Gasteiger partial charge in [-0.1, -0.05) is 64.7 Å². The summed E-state index contributed by atoms with van der Waals surface area (Å²) < 4.78 is 29.1. The van der Waals surface area contributed by atoms with E-state index in [0.29, 0.717) is 6.42 Å². The third-order valence-corrected chi connectivity index (χ3v) is 4.88. The number of rotatable bonds is 11. The van der Waals surface area contributed by atoms with E-state index >= 15 is 0 Å². The first-order valence-corrected chi connectivity index (χ1v) is 8.64. The lowest BCUT2D eigenvalue weighted by molar-refractivity contribution is 0.474. The Morgan fingerprint density at radius 2 is 1.35 bits per heavy atom. The summed E-state index contributed by atoms with van der Waals surface area (Å²) in [5.41, 5.74) is 0. The Hall–Kier alpha value is 0.260. The average molecular weight is 282 g/mol. The van der Waals surface area contributed by atoms with Gasteiger partial charge in [0, 0.05) is 0 Å². The van der Waals surface area contributed by atoms with Crippen LogP contribution in [0.4, 0.5) is 0 Å². The van der Waals surface area contributed by atoms with E-state index < -0.39 is 14.7 Å². The predicted molar refractivity (Wildman–Crippen MR) is 76.2 cm³/mol. The zero-order chi connectivity index (χ0) is 13.1. The van der Waals surface area contributed by atoms with Gasteiger partial charge in [0.05, 0.1) is 0 Å². The molecule has 0 fully saturated rings. The molecule has 0 amide bonds. The molecule has 3 nitrogen and oxygen atoms in total. The van der Waals surface area contributed by atoms with Crippen LogP contribution in [0.25, 0.3) is 0 Å². The molecular weight excluding hydrogens is 256 g/mol. The Labute approximate surface area is 112 Å². The van der Waals surface area contributed by atoms with E-state index in [0.717, 1.165) is 19.3 Å². The van der Waals surface area contributed by atoms with Gasteiger partial charge in [0.2, 0.25) is 0 Å². The first kappa shape index (κ1) is 17.3. The average Bonchev–Trinajstić information content (AvgIpc) is 2.25. The quantitative estimate of drug-likeness (QED) is 0.341. The molecule has 0 aliphatic heterocycles. The highest BCUT2D eigenvalue weighted by Gasteiger charge is 2.16. The van der Waals surface area contributed by atoms with Crippen LogP contribution in [0.1, 0.15) is 71.1 Å². The van der Waals surface area contributed by atoms with Crippen molar-refractivity contribution < 1.29 is 13.0 Å². The molecule has 0 heterocycles. The second-order valence-electron chi connectivity index (χ2n) is 4.59. The fourth-order valence-corrected chi connectivity index (χ4v) is 2.43. The zero-order valence-corrected chi connectivity index (χ0v) is 12.5.